The average Bonchev–Trinajstić information content (AvgIpc) is 3.09. The summed E-state index contributed by atoms with van der Waals surface area (Å²) in [7, 11) is 0. The second-order valence-corrected chi connectivity index (χ2v) is 5.12. The van der Waals surface area contributed by atoms with Crippen LogP contribution in [-0.4, -0.2) is 21.8 Å². The van der Waals surface area contributed by atoms with Gasteiger partial charge < -0.3 is 9.47 Å². The average molecular weight is 360 g/mol. The predicted octanol–water partition coefficient (Wildman–Crippen LogP) is 3.82. The first kappa shape index (κ1) is 17.3. The van der Waals surface area contributed by atoms with Gasteiger partial charge in [0, 0.05) is 5.56 Å². The van der Waals surface area contributed by atoms with Crippen LogP contribution in [0.3, 0.4) is 0 Å². The van der Waals surface area contributed by atoms with Crippen LogP contribution in [0.5, 0.6) is 11.5 Å². The van der Waals surface area contributed by atoms with Gasteiger partial charge in [-0.3, -0.25) is 0 Å². The second kappa shape index (κ2) is 7.14. The highest BCUT2D eigenvalue weighted by Crippen LogP contribution is 2.32. The van der Waals surface area contributed by atoms with Gasteiger partial charge in [0.25, 0.3) is 0 Å². The number of alkyl halides is 3. The van der Waals surface area contributed by atoms with E-state index >= 15 is 0 Å². The number of nitrogens with one attached hydrogen (secondary N) is 1. The molecule has 0 saturated heterocycles. The lowest BCUT2D eigenvalue weighted by Gasteiger charge is -2.14. The number of nitriles is 1. The first-order valence-electron chi connectivity index (χ1n) is 7.34. The summed E-state index contributed by atoms with van der Waals surface area (Å²) in [5, 5.41) is 19.0. The molecule has 0 aliphatic heterocycles. The lowest BCUT2D eigenvalue weighted by Crippen LogP contribution is -2.17. The van der Waals surface area contributed by atoms with E-state index in [4.69, 9.17) is 10.00 Å². The maximum Gasteiger partial charge on any atom is 0.573 e. The summed E-state index contributed by atoms with van der Waals surface area (Å²) >= 11 is 0. The monoisotopic (exact) mass is 360 g/mol. The number of benzene rings is 2. The third-order valence-electron chi connectivity index (χ3n) is 3.32. The first-order valence-corrected chi connectivity index (χ1v) is 7.34. The van der Waals surface area contributed by atoms with Crippen LogP contribution in [-0.2, 0) is 6.61 Å². The molecule has 132 valence electrons. The van der Waals surface area contributed by atoms with Gasteiger partial charge in [0.2, 0.25) is 0 Å². The van der Waals surface area contributed by atoms with Gasteiger partial charge in [0.1, 0.15) is 18.4 Å². The van der Waals surface area contributed by atoms with Gasteiger partial charge in [0.05, 0.1) is 0 Å². The Kier molecular flexibility index (Phi) is 4.75. The highest BCUT2D eigenvalue weighted by atomic mass is 19.4. The number of aromatic amines is 1. The Balaban J connectivity index is 1.78. The summed E-state index contributed by atoms with van der Waals surface area (Å²) in [6.45, 7) is 0.00576. The van der Waals surface area contributed by atoms with Crippen molar-refractivity contribution in [2.24, 2.45) is 0 Å². The summed E-state index contributed by atoms with van der Waals surface area (Å²) in [4.78, 5) is 0. The van der Waals surface area contributed by atoms with E-state index in [9.17, 15) is 13.2 Å². The zero-order valence-corrected chi connectivity index (χ0v) is 13.1. The molecule has 3 aromatic rings. The Hall–Kier alpha value is -3.54. The molecule has 9 heteroatoms. The molecule has 0 radical (unpaired) electrons. The molecule has 26 heavy (non-hydrogen) atoms. The van der Waals surface area contributed by atoms with E-state index in [1.807, 2.05) is 6.07 Å². The molecule has 0 fully saturated rings. The highest BCUT2D eigenvalue weighted by molar-refractivity contribution is 5.64. The van der Waals surface area contributed by atoms with Gasteiger partial charge in [-0.05, 0) is 23.8 Å². The number of hydrogen-bond acceptors (Lipinski definition) is 5. The Morgan fingerprint density at radius 1 is 1.04 bits per heavy atom. The molecule has 1 heterocycles. The first-order chi connectivity index (χ1) is 12.5. The predicted molar refractivity (Wildman–Crippen MR) is 84.0 cm³/mol. The minimum absolute atomic E-state index is 0.00576. The van der Waals surface area contributed by atoms with Crippen molar-refractivity contribution >= 4 is 0 Å². The molecule has 0 atom stereocenters. The molecule has 3 rings (SSSR count). The van der Waals surface area contributed by atoms with Crippen LogP contribution in [0.2, 0.25) is 0 Å². The van der Waals surface area contributed by atoms with E-state index in [1.54, 1.807) is 30.3 Å². The second-order valence-electron chi connectivity index (χ2n) is 5.12. The van der Waals surface area contributed by atoms with Crippen molar-refractivity contribution in [3.63, 3.8) is 0 Å². The van der Waals surface area contributed by atoms with Crippen molar-refractivity contribution in [1.82, 2.24) is 15.4 Å². The van der Waals surface area contributed by atoms with Crippen LogP contribution < -0.4 is 9.47 Å². The normalized spacial score (nSPS) is 11.0. The SMILES string of the molecule is N#Cc1n[nH]nc1-c1cccc(COc2ccccc2OC(F)(F)F)c1. The van der Waals surface area contributed by atoms with Crippen LogP contribution in [0.25, 0.3) is 11.3 Å². The van der Waals surface area contributed by atoms with E-state index in [-0.39, 0.29) is 18.1 Å². The molecule has 6 nitrogen and oxygen atoms in total. The molecule has 2 aromatic carbocycles. The Morgan fingerprint density at radius 2 is 1.81 bits per heavy atom. The summed E-state index contributed by atoms with van der Waals surface area (Å²) in [6.07, 6.45) is -4.81. The van der Waals surface area contributed by atoms with Crippen molar-refractivity contribution in [3.05, 3.63) is 59.8 Å². The van der Waals surface area contributed by atoms with Crippen molar-refractivity contribution in [2.45, 2.75) is 13.0 Å². The molecular weight excluding hydrogens is 349 g/mol. The lowest BCUT2D eigenvalue weighted by molar-refractivity contribution is -0.275. The van der Waals surface area contributed by atoms with Gasteiger partial charge in [-0.2, -0.15) is 15.6 Å². The van der Waals surface area contributed by atoms with Gasteiger partial charge in [0.15, 0.2) is 17.2 Å². The largest absolute Gasteiger partial charge is 0.573 e. The van der Waals surface area contributed by atoms with Gasteiger partial charge in [-0.15, -0.1) is 18.3 Å². The van der Waals surface area contributed by atoms with E-state index in [0.717, 1.165) is 0 Å². The molecule has 0 aliphatic carbocycles. The number of ether oxygens (including phenoxy) is 2. The molecule has 1 aromatic heterocycles. The molecule has 0 saturated carbocycles. The van der Waals surface area contributed by atoms with Crippen molar-refractivity contribution in [2.75, 3.05) is 0 Å². The number of nitrogens with zero attached hydrogens (tertiary/aromatic N) is 3. The topological polar surface area (TPSA) is 83.8 Å². The summed E-state index contributed by atoms with van der Waals surface area (Å²) < 4.78 is 46.8. The molecule has 0 bridgehead atoms. The minimum atomic E-state index is -4.81. The fourth-order valence-electron chi connectivity index (χ4n) is 2.26. The fourth-order valence-corrected chi connectivity index (χ4v) is 2.26. The molecule has 0 unspecified atom stereocenters. The summed E-state index contributed by atoms with van der Waals surface area (Å²) in [6, 6.07) is 14.4. The summed E-state index contributed by atoms with van der Waals surface area (Å²) in [5.74, 6) is -0.450. The third kappa shape index (κ3) is 4.10. The van der Waals surface area contributed by atoms with Gasteiger partial charge in [-0.25, -0.2) is 0 Å². The van der Waals surface area contributed by atoms with Crippen LogP contribution in [0.4, 0.5) is 13.2 Å². The Bertz CT molecular complexity index is 947. The van der Waals surface area contributed by atoms with Crippen molar-refractivity contribution in [3.8, 4) is 28.8 Å². The third-order valence-corrected chi connectivity index (χ3v) is 3.32. The number of H-pyrrole nitrogens is 1. The molecule has 1 N–H and O–H groups in total. The minimum Gasteiger partial charge on any atom is -0.485 e. The highest BCUT2D eigenvalue weighted by Gasteiger charge is 2.32. The van der Waals surface area contributed by atoms with E-state index in [0.29, 0.717) is 16.8 Å². The Labute approximate surface area is 145 Å². The summed E-state index contributed by atoms with van der Waals surface area (Å²) in [5.41, 5.74) is 1.84. The van der Waals surface area contributed by atoms with Crippen LogP contribution in [0.1, 0.15) is 11.3 Å². The molecular formula is C17H11F3N4O2. The quantitative estimate of drug-likeness (QED) is 0.748. The van der Waals surface area contributed by atoms with Crippen LogP contribution in [0.15, 0.2) is 48.5 Å². The van der Waals surface area contributed by atoms with E-state index < -0.39 is 12.1 Å². The number of rotatable bonds is 5. The molecule has 0 aliphatic rings. The molecule has 0 amide bonds. The standard InChI is InChI=1S/C17H11F3N4O2/c18-17(19,20)26-15-7-2-1-6-14(15)25-10-11-4-3-5-12(8-11)16-13(9-21)22-24-23-16/h1-8H,10H2,(H,22,23,24). The maximum absolute atomic E-state index is 12.4. The number of halogens is 3. The zero-order chi connectivity index (χ0) is 18.6. The number of aromatic nitrogens is 3. The van der Waals surface area contributed by atoms with Crippen molar-refractivity contribution < 1.29 is 22.6 Å². The Morgan fingerprint density at radius 3 is 2.54 bits per heavy atom. The van der Waals surface area contributed by atoms with Crippen LogP contribution in [0, 0.1) is 11.3 Å². The van der Waals surface area contributed by atoms with Crippen LogP contribution >= 0.6 is 0 Å². The zero-order valence-electron chi connectivity index (χ0n) is 13.1. The van der Waals surface area contributed by atoms with Crippen molar-refractivity contribution in [1.29, 1.82) is 5.26 Å². The fraction of sp³-hybridized carbons (Fsp3) is 0.118. The van der Waals surface area contributed by atoms with Gasteiger partial charge in [-0.1, -0.05) is 30.3 Å². The molecule has 0 spiro atoms. The van der Waals surface area contributed by atoms with Gasteiger partial charge >= 0.3 is 6.36 Å². The maximum atomic E-state index is 12.4. The number of hydrogen-bond donors (Lipinski definition) is 1. The van der Waals surface area contributed by atoms with E-state index in [2.05, 4.69) is 20.1 Å². The lowest BCUT2D eigenvalue weighted by atomic mass is 10.1. The number of para-hydroxylation sites is 2. The van der Waals surface area contributed by atoms with E-state index in [1.165, 1.54) is 18.2 Å². The smallest absolute Gasteiger partial charge is 0.485 e.